The number of rotatable bonds is 7. The number of nitrogens with one attached hydrogen (secondary N) is 1. The number of carbonyl (C=O) groups is 3. The third-order valence-corrected chi connectivity index (χ3v) is 3.63. The van der Waals surface area contributed by atoms with Crippen LogP contribution in [-0.4, -0.2) is 65.4 Å². The van der Waals surface area contributed by atoms with Gasteiger partial charge in [0.25, 0.3) is 0 Å². The van der Waals surface area contributed by atoms with Crippen LogP contribution in [0.3, 0.4) is 0 Å². The van der Waals surface area contributed by atoms with E-state index in [0.717, 1.165) is 0 Å². The molecule has 24 heavy (non-hydrogen) atoms. The molecule has 1 rings (SSSR count). The Bertz CT molecular complexity index is 485. The second-order valence-corrected chi connectivity index (χ2v) is 6.06. The molecular weight excluding hydrogens is 316 g/mol. The molecule has 0 aliphatic carbocycles. The smallest absolute Gasteiger partial charge is 0.410 e. The number of likely N-dealkylation sites (tertiary alicyclic amines) is 1. The highest BCUT2D eigenvalue weighted by molar-refractivity contribution is 5.90. The van der Waals surface area contributed by atoms with Crippen molar-refractivity contribution in [1.29, 1.82) is 0 Å². The number of esters is 1. The Morgan fingerprint density at radius 1 is 1.42 bits per heavy atom. The average molecular weight is 342 g/mol. The summed E-state index contributed by atoms with van der Waals surface area (Å²) in [6, 6.07) is -1.97. The highest BCUT2D eigenvalue weighted by Crippen LogP contribution is 2.20. The van der Waals surface area contributed by atoms with E-state index in [4.69, 9.17) is 9.47 Å². The van der Waals surface area contributed by atoms with Gasteiger partial charge in [0.15, 0.2) is 6.04 Å². The second-order valence-electron chi connectivity index (χ2n) is 6.06. The normalized spacial score (nSPS) is 18.7. The minimum atomic E-state index is -1.51. The lowest BCUT2D eigenvalue weighted by Crippen LogP contribution is -2.58. The molecule has 0 radical (unpaired) electrons. The van der Waals surface area contributed by atoms with Gasteiger partial charge in [-0.05, 0) is 33.6 Å². The predicted octanol–water partition coefficient (Wildman–Crippen LogP) is 0.592. The number of hydrogen-bond donors (Lipinski definition) is 2. The van der Waals surface area contributed by atoms with E-state index < -0.39 is 35.7 Å². The molecule has 2 amide bonds. The first-order valence-electron chi connectivity index (χ1n) is 7.96. The summed E-state index contributed by atoms with van der Waals surface area (Å²) in [4.78, 5) is 37.8. The summed E-state index contributed by atoms with van der Waals surface area (Å²) in [6.07, 6.45) is 1.93. The fraction of sp³-hybridized carbons (Fsp3) is 0.688. The van der Waals surface area contributed by atoms with Gasteiger partial charge in [0, 0.05) is 6.54 Å². The van der Waals surface area contributed by atoms with Crippen LogP contribution in [-0.2, 0) is 19.1 Å². The number of carbonyl (C=O) groups excluding carboxylic acids is 3. The molecule has 8 heteroatoms. The van der Waals surface area contributed by atoms with Crippen LogP contribution in [0.25, 0.3) is 0 Å². The first-order valence-corrected chi connectivity index (χ1v) is 7.96. The minimum absolute atomic E-state index is 0.0544. The Kier molecular flexibility index (Phi) is 7.21. The molecule has 1 fully saturated rings. The van der Waals surface area contributed by atoms with Crippen LogP contribution in [0.2, 0.25) is 0 Å². The molecule has 0 bridgehead atoms. The van der Waals surface area contributed by atoms with Crippen molar-refractivity contribution < 1.29 is 29.0 Å². The van der Waals surface area contributed by atoms with E-state index >= 15 is 0 Å². The zero-order valence-corrected chi connectivity index (χ0v) is 14.4. The van der Waals surface area contributed by atoms with Crippen LogP contribution in [0.5, 0.6) is 0 Å². The quantitative estimate of drug-likeness (QED) is 0.518. The molecule has 2 unspecified atom stereocenters. The van der Waals surface area contributed by atoms with Crippen molar-refractivity contribution in [3.8, 4) is 0 Å². The number of hydrogen-bond acceptors (Lipinski definition) is 6. The van der Waals surface area contributed by atoms with E-state index in [9.17, 15) is 19.5 Å². The summed E-state index contributed by atoms with van der Waals surface area (Å²) in [5.74, 6) is -1.25. The van der Waals surface area contributed by atoms with Gasteiger partial charge in [-0.1, -0.05) is 12.7 Å². The highest BCUT2D eigenvalue weighted by atomic mass is 16.6. The monoisotopic (exact) mass is 342 g/mol. The Morgan fingerprint density at radius 2 is 2.08 bits per heavy atom. The van der Waals surface area contributed by atoms with Gasteiger partial charge in [-0.3, -0.25) is 9.69 Å². The molecular formula is C16H26N2O6. The topological polar surface area (TPSA) is 105 Å². The first kappa shape index (κ1) is 20.0. The molecule has 0 saturated carbocycles. The summed E-state index contributed by atoms with van der Waals surface area (Å²) in [5.41, 5.74) is -1.51. The van der Waals surface area contributed by atoms with Crippen molar-refractivity contribution in [2.24, 2.45) is 0 Å². The summed E-state index contributed by atoms with van der Waals surface area (Å²) >= 11 is 0. The van der Waals surface area contributed by atoms with Crippen LogP contribution >= 0.6 is 0 Å². The molecule has 0 aromatic heterocycles. The Hall–Kier alpha value is -2.09. The standard InChI is InChI=1S/C16H26N2O6/c1-5-10-24-15(21)18-9-7-8-11(18)13(19)17-12(16(3,4)22)14(20)23-6-2/h5,11-12,22H,1,6-10H2,2-4H3,(H,17,19). The summed E-state index contributed by atoms with van der Waals surface area (Å²) < 4.78 is 9.85. The van der Waals surface area contributed by atoms with Gasteiger partial charge >= 0.3 is 12.1 Å². The van der Waals surface area contributed by atoms with E-state index in [0.29, 0.717) is 19.4 Å². The maximum atomic E-state index is 12.5. The molecule has 1 saturated heterocycles. The van der Waals surface area contributed by atoms with Crippen molar-refractivity contribution in [2.45, 2.75) is 51.3 Å². The number of nitrogens with zero attached hydrogens (tertiary/aromatic N) is 1. The van der Waals surface area contributed by atoms with Crippen LogP contribution < -0.4 is 5.32 Å². The van der Waals surface area contributed by atoms with Gasteiger partial charge in [0.05, 0.1) is 12.2 Å². The van der Waals surface area contributed by atoms with Gasteiger partial charge in [0.1, 0.15) is 12.6 Å². The number of amides is 2. The van der Waals surface area contributed by atoms with Crippen molar-refractivity contribution in [3.05, 3.63) is 12.7 Å². The lowest BCUT2D eigenvalue weighted by molar-refractivity contribution is -0.154. The Labute approximate surface area is 141 Å². The largest absolute Gasteiger partial charge is 0.464 e. The van der Waals surface area contributed by atoms with Crippen molar-refractivity contribution in [1.82, 2.24) is 10.2 Å². The zero-order chi connectivity index (χ0) is 18.3. The van der Waals surface area contributed by atoms with Gasteiger partial charge in [0.2, 0.25) is 5.91 Å². The van der Waals surface area contributed by atoms with Crippen LogP contribution in [0, 0.1) is 0 Å². The number of aliphatic hydroxyl groups is 1. The lowest BCUT2D eigenvalue weighted by atomic mass is 9.98. The number of ether oxygens (including phenoxy) is 2. The maximum Gasteiger partial charge on any atom is 0.410 e. The van der Waals surface area contributed by atoms with E-state index in [-0.39, 0.29) is 13.2 Å². The fourth-order valence-electron chi connectivity index (χ4n) is 2.46. The Balaban J connectivity index is 2.80. The molecule has 0 aromatic carbocycles. The molecule has 1 heterocycles. The maximum absolute atomic E-state index is 12.5. The van der Waals surface area contributed by atoms with Gasteiger partial charge in [-0.2, -0.15) is 0 Å². The molecule has 2 atom stereocenters. The predicted molar refractivity (Wildman–Crippen MR) is 86.1 cm³/mol. The van der Waals surface area contributed by atoms with E-state index in [2.05, 4.69) is 11.9 Å². The molecule has 0 spiro atoms. The average Bonchev–Trinajstić information content (AvgIpc) is 2.98. The van der Waals surface area contributed by atoms with Crippen molar-refractivity contribution >= 4 is 18.0 Å². The third-order valence-electron chi connectivity index (χ3n) is 3.63. The van der Waals surface area contributed by atoms with Gasteiger partial charge in [-0.25, -0.2) is 9.59 Å². The van der Waals surface area contributed by atoms with Crippen LogP contribution in [0.15, 0.2) is 12.7 Å². The van der Waals surface area contributed by atoms with E-state index in [1.54, 1.807) is 6.92 Å². The SMILES string of the molecule is C=CCOC(=O)N1CCCC1C(=O)NC(C(=O)OCC)C(C)(C)O. The second kappa shape index (κ2) is 8.68. The molecule has 8 nitrogen and oxygen atoms in total. The van der Waals surface area contributed by atoms with E-state index in [1.165, 1.54) is 24.8 Å². The lowest BCUT2D eigenvalue weighted by Gasteiger charge is -2.30. The summed E-state index contributed by atoms with van der Waals surface area (Å²) in [7, 11) is 0. The third kappa shape index (κ3) is 5.23. The van der Waals surface area contributed by atoms with Crippen molar-refractivity contribution in [2.75, 3.05) is 19.8 Å². The van der Waals surface area contributed by atoms with Gasteiger partial charge in [-0.15, -0.1) is 0 Å². The summed E-state index contributed by atoms with van der Waals surface area (Å²) in [6.45, 7) is 8.48. The highest BCUT2D eigenvalue weighted by Gasteiger charge is 2.41. The first-order chi connectivity index (χ1) is 11.2. The van der Waals surface area contributed by atoms with Crippen LogP contribution in [0.1, 0.15) is 33.6 Å². The molecule has 1 aliphatic rings. The molecule has 2 N–H and O–H groups in total. The van der Waals surface area contributed by atoms with E-state index in [1.807, 2.05) is 0 Å². The molecule has 136 valence electrons. The molecule has 0 aromatic rings. The van der Waals surface area contributed by atoms with Crippen LogP contribution in [0.4, 0.5) is 4.79 Å². The summed E-state index contributed by atoms with van der Waals surface area (Å²) in [5, 5.41) is 12.6. The van der Waals surface area contributed by atoms with Gasteiger partial charge < -0.3 is 19.9 Å². The molecule has 1 aliphatic heterocycles. The Morgan fingerprint density at radius 3 is 2.62 bits per heavy atom. The van der Waals surface area contributed by atoms with Crippen molar-refractivity contribution in [3.63, 3.8) is 0 Å². The fourth-order valence-corrected chi connectivity index (χ4v) is 2.46. The minimum Gasteiger partial charge on any atom is -0.464 e. The zero-order valence-electron chi connectivity index (χ0n) is 14.4.